The minimum Gasteiger partial charge on any atom is -0.452 e. The van der Waals surface area contributed by atoms with Crippen molar-refractivity contribution in [2.45, 2.75) is 43.9 Å². The lowest BCUT2D eigenvalue weighted by Gasteiger charge is -2.25. The molecular formula is C10H18O8. The SMILES string of the molecule is CC(O)CC(=O)O[C@@H](C=O)[C@@H](O)[C@H](O)[C@H](O)CO. The Morgan fingerprint density at radius 2 is 1.78 bits per heavy atom. The van der Waals surface area contributed by atoms with Gasteiger partial charge in [0.2, 0.25) is 0 Å². The molecule has 0 heterocycles. The summed E-state index contributed by atoms with van der Waals surface area (Å²) >= 11 is 0. The van der Waals surface area contributed by atoms with Crippen LogP contribution in [0.2, 0.25) is 0 Å². The van der Waals surface area contributed by atoms with Crippen molar-refractivity contribution in [3.05, 3.63) is 0 Å². The number of hydrogen-bond donors (Lipinski definition) is 5. The van der Waals surface area contributed by atoms with Gasteiger partial charge in [-0.2, -0.15) is 0 Å². The molecule has 0 spiro atoms. The lowest BCUT2D eigenvalue weighted by Crippen LogP contribution is -2.48. The van der Waals surface area contributed by atoms with Crippen LogP contribution in [0.3, 0.4) is 0 Å². The minimum atomic E-state index is -1.87. The van der Waals surface area contributed by atoms with E-state index in [4.69, 9.17) is 15.3 Å². The Labute approximate surface area is 103 Å². The quantitative estimate of drug-likeness (QED) is 0.230. The third kappa shape index (κ3) is 5.52. The largest absolute Gasteiger partial charge is 0.452 e. The maximum absolute atomic E-state index is 11.1. The van der Waals surface area contributed by atoms with Gasteiger partial charge in [0.25, 0.3) is 0 Å². The number of aliphatic hydroxyl groups is 5. The fourth-order valence-corrected chi connectivity index (χ4v) is 1.15. The summed E-state index contributed by atoms with van der Waals surface area (Å²) in [6.07, 6.45) is -8.35. The van der Waals surface area contributed by atoms with Crippen LogP contribution in [0.25, 0.3) is 0 Å². The number of carbonyl (C=O) groups excluding carboxylic acids is 2. The second kappa shape index (κ2) is 8.11. The Balaban J connectivity index is 4.48. The zero-order valence-electron chi connectivity index (χ0n) is 9.84. The zero-order chi connectivity index (χ0) is 14.3. The lowest BCUT2D eigenvalue weighted by atomic mass is 10.0. The molecule has 106 valence electrons. The van der Waals surface area contributed by atoms with Crippen molar-refractivity contribution in [3.8, 4) is 0 Å². The Kier molecular flexibility index (Phi) is 7.64. The highest BCUT2D eigenvalue weighted by Crippen LogP contribution is 2.08. The van der Waals surface area contributed by atoms with Crippen LogP contribution in [-0.4, -0.2) is 74.9 Å². The van der Waals surface area contributed by atoms with E-state index in [1.165, 1.54) is 6.92 Å². The summed E-state index contributed by atoms with van der Waals surface area (Å²) in [4.78, 5) is 21.8. The molecule has 0 fully saturated rings. The molecule has 1 unspecified atom stereocenters. The second-order valence-electron chi connectivity index (χ2n) is 3.87. The topological polar surface area (TPSA) is 145 Å². The zero-order valence-corrected chi connectivity index (χ0v) is 9.84. The van der Waals surface area contributed by atoms with Gasteiger partial charge in [-0.15, -0.1) is 0 Å². The first-order chi connectivity index (χ1) is 8.33. The van der Waals surface area contributed by atoms with E-state index in [1.807, 2.05) is 0 Å². The van der Waals surface area contributed by atoms with Crippen LogP contribution in [0.5, 0.6) is 0 Å². The molecule has 5 N–H and O–H groups in total. The van der Waals surface area contributed by atoms with Gasteiger partial charge in [0.15, 0.2) is 12.4 Å². The van der Waals surface area contributed by atoms with E-state index in [9.17, 15) is 19.8 Å². The summed E-state index contributed by atoms with van der Waals surface area (Å²) in [5.74, 6) is -0.938. The van der Waals surface area contributed by atoms with Gasteiger partial charge >= 0.3 is 5.97 Å². The number of esters is 1. The van der Waals surface area contributed by atoms with Crippen LogP contribution >= 0.6 is 0 Å². The molecule has 0 aromatic carbocycles. The summed E-state index contributed by atoms with van der Waals surface area (Å²) in [5, 5.41) is 45.3. The molecule has 0 saturated heterocycles. The maximum atomic E-state index is 11.1. The molecule has 0 aliphatic carbocycles. The predicted octanol–water partition coefficient (Wildman–Crippen LogP) is -3.06. The summed E-state index contributed by atoms with van der Waals surface area (Å²) in [6.45, 7) is 0.503. The molecular weight excluding hydrogens is 248 g/mol. The number of aliphatic hydroxyl groups excluding tert-OH is 5. The van der Waals surface area contributed by atoms with Crippen molar-refractivity contribution < 1.29 is 39.9 Å². The van der Waals surface area contributed by atoms with Gasteiger partial charge in [0.05, 0.1) is 19.1 Å². The van der Waals surface area contributed by atoms with E-state index in [1.54, 1.807) is 0 Å². The van der Waals surface area contributed by atoms with Crippen LogP contribution in [0, 0.1) is 0 Å². The first-order valence-corrected chi connectivity index (χ1v) is 5.31. The molecule has 8 heteroatoms. The molecule has 0 aliphatic heterocycles. The fraction of sp³-hybridized carbons (Fsp3) is 0.800. The fourth-order valence-electron chi connectivity index (χ4n) is 1.15. The summed E-state index contributed by atoms with van der Waals surface area (Å²) in [5.41, 5.74) is 0. The summed E-state index contributed by atoms with van der Waals surface area (Å²) in [6, 6.07) is 0. The molecule has 8 nitrogen and oxygen atoms in total. The van der Waals surface area contributed by atoms with Crippen molar-refractivity contribution in [2.75, 3.05) is 6.61 Å². The van der Waals surface area contributed by atoms with E-state index in [2.05, 4.69) is 4.74 Å². The molecule has 0 saturated carbocycles. The van der Waals surface area contributed by atoms with Crippen LogP contribution in [0.15, 0.2) is 0 Å². The number of carbonyl (C=O) groups is 2. The van der Waals surface area contributed by atoms with E-state index >= 15 is 0 Å². The Bertz CT molecular complexity index is 267. The first kappa shape index (κ1) is 16.9. The monoisotopic (exact) mass is 266 g/mol. The van der Waals surface area contributed by atoms with Gasteiger partial charge in [-0.3, -0.25) is 9.59 Å². The van der Waals surface area contributed by atoms with Crippen molar-refractivity contribution in [1.82, 2.24) is 0 Å². The molecule has 0 aliphatic rings. The van der Waals surface area contributed by atoms with Crippen molar-refractivity contribution >= 4 is 12.3 Å². The minimum absolute atomic E-state index is 0.0813. The van der Waals surface area contributed by atoms with Crippen molar-refractivity contribution in [1.29, 1.82) is 0 Å². The first-order valence-electron chi connectivity index (χ1n) is 5.31. The molecule has 0 radical (unpaired) electrons. The molecule has 0 rings (SSSR count). The van der Waals surface area contributed by atoms with Gasteiger partial charge in [-0.25, -0.2) is 0 Å². The van der Waals surface area contributed by atoms with E-state index in [0.717, 1.165) is 0 Å². The van der Waals surface area contributed by atoms with Crippen LogP contribution in [-0.2, 0) is 14.3 Å². The predicted molar refractivity (Wildman–Crippen MR) is 57.3 cm³/mol. The van der Waals surface area contributed by atoms with Crippen molar-refractivity contribution in [2.24, 2.45) is 0 Å². The van der Waals surface area contributed by atoms with E-state index in [-0.39, 0.29) is 12.7 Å². The van der Waals surface area contributed by atoms with Gasteiger partial charge < -0.3 is 30.3 Å². The van der Waals surface area contributed by atoms with Crippen LogP contribution < -0.4 is 0 Å². The number of ether oxygens (including phenoxy) is 1. The smallest absolute Gasteiger partial charge is 0.309 e. The van der Waals surface area contributed by atoms with Gasteiger partial charge in [-0.05, 0) is 6.92 Å². The van der Waals surface area contributed by atoms with Gasteiger partial charge in [0.1, 0.15) is 18.3 Å². The molecule has 0 bridgehead atoms. The Hall–Kier alpha value is -1.06. The van der Waals surface area contributed by atoms with E-state index < -0.39 is 43.1 Å². The van der Waals surface area contributed by atoms with Crippen LogP contribution in [0.1, 0.15) is 13.3 Å². The highest BCUT2D eigenvalue weighted by Gasteiger charge is 2.33. The molecule has 0 aromatic heterocycles. The van der Waals surface area contributed by atoms with Crippen molar-refractivity contribution in [3.63, 3.8) is 0 Å². The molecule has 5 atom stereocenters. The molecule has 18 heavy (non-hydrogen) atoms. The Morgan fingerprint density at radius 3 is 2.17 bits per heavy atom. The Morgan fingerprint density at radius 1 is 1.22 bits per heavy atom. The van der Waals surface area contributed by atoms with E-state index in [0.29, 0.717) is 0 Å². The highest BCUT2D eigenvalue weighted by molar-refractivity contribution is 5.73. The summed E-state index contributed by atoms with van der Waals surface area (Å²) in [7, 11) is 0. The highest BCUT2D eigenvalue weighted by atomic mass is 16.6. The normalized spacial score (nSPS) is 19.4. The lowest BCUT2D eigenvalue weighted by molar-refractivity contribution is -0.169. The maximum Gasteiger partial charge on any atom is 0.309 e. The third-order valence-corrected chi connectivity index (χ3v) is 2.13. The van der Waals surface area contributed by atoms with Gasteiger partial charge in [0, 0.05) is 0 Å². The number of hydrogen-bond acceptors (Lipinski definition) is 8. The molecule has 0 amide bonds. The molecule has 0 aromatic rings. The standard InChI is InChI=1S/C10H18O8/c1-5(13)2-8(15)18-7(4-12)10(17)9(16)6(14)3-11/h4-7,9-11,13-14,16-17H,2-3H2,1H3/t5?,6-,7+,9-,10-/m1/s1. The summed E-state index contributed by atoms with van der Waals surface area (Å²) < 4.78 is 4.52. The van der Waals surface area contributed by atoms with Crippen LogP contribution in [0.4, 0.5) is 0 Å². The number of aldehydes is 1. The van der Waals surface area contributed by atoms with Gasteiger partial charge in [-0.1, -0.05) is 0 Å². The average Bonchev–Trinajstić information content (AvgIpc) is 2.32. The third-order valence-electron chi connectivity index (χ3n) is 2.13. The number of rotatable bonds is 8. The average molecular weight is 266 g/mol. The second-order valence-corrected chi connectivity index (χ2v) is 3.87.